The van der Waals surface area contributed by atoms with Gasteiger partial charge in [-0.3, -0.25) is 4.79 Å². The lowest BCUT2D eigenvalue weighted by atomic mass is 10.2. The molecule has 1 aromatic rings. The molecule has 7 heteroatoms. The number of carbonyl (C=O) groups excluding carboxylic acids is 1. The fraction of sp³-hybridized carbons (Fsp3) is 0.550. The van der Waals surface area contributed by atoms with Crippen LogP contribution in [0.25, 0.3) is 6.08 Å². The molecule has 1 aliphatic heterocycles. The van der Waals surface area contributed by atoms with E-state index in [4.69, 9.17) is 21.1 Å². The van der Waals surface area contributed by atoms with Gasteiger partial charge >= 0.3 is 0 Å². The van der Waals surface area contributed by atoms with Crippen molar-refractivity contribution in [2.45, 2.75) is 13.3 Å². The predicted molar refractivity (Wildman–Crippen MR) is 110 cm³/mol. The Balaban J connectivity index is 1.78. The van der Waals surface area contributed by atoms with Gasteiger partial charge in [-0.05, 0) is 50.7 Å². The van der Waals surface area contributed by atoms with Crippen LogP contribution < -0.4 is 14.8 Å². The van der Waals surface area contributed by atoms with Crippen molar-refractivity contribution in [1.82, 2.24) is 15.1 Å². The first-order valence-electron chi connectivity index (χ1n) is 9.40. The maximum Gasteiger partial charge on any atom is 0.243 e. The number of hydrogen-bond donors (Lipinski definition) is 1. The van der Waals surface area contributed by atoms with E-state index in [1.165, 1.54) is 6.08 Å². The highest BCUT2D eigenvalue weighted by atomic mass is 35.5. The summed E-state index contributed by atoms with van der Waals surface area (Å²) >= 11 is 6.22. The SMILES string of the molecule is CCOc1cc(C=CC(=O)NCCCN2CCN(C)CC2)cc(Cl)c1OC. The van der Waals surface area contributed by atoms with Crippen LogP contribution in [0.5, 0.6) is 11.5 Å². The zero-order chi connectivity index (χ0) is 19.6. The Labute approximate surface area is 167 Å². The van der Waals surface area contributed by atoms with Gasteiger partial charge in [0.2, 0.25) is 5.91 Å². The summed E-state index contributed by atoms with van der Waals surface area (Å²) in [6, 6.07) is 3.56. The molecule has 1 aliphatic rings. The first kappa shape index (κ1) is 21.5. The number of ether oxygens (including phenoxy) is 2. The van der Waals surface area contributed by atoms with Gasteiger partial charge in [0.15, 0.2) is 11.5 Å². The Morgan fingerprint density at radius 2 is 2.04 bits per heavy atom. The van der Waals surface area contributed by atoms with E-state index in [1.54, 1.807) is 19.3 Å². The molecule has 6 nitrogen and oxygen atoms in total. The van der Waals surface area contributed by atoms with Crippen molar-refractivity contribution in [3.8, 4) is 11.5 Å². The Morgan fingerprint density at radius 3 is 2.70 bits per heavy atom. The van der Waals surface area contributed by atoms with Gasteiger partial charge in [-0.2, -0.15) is 0 Å². The van der Waals surface area contributed by atoms with Crippen LogP contribution in [0.3, 0.4) is 0 Å². The van der Waals surface area contributed by atoms with Crippen LogP contribution in [-0.4, -0.2) is 75.7 Å². The lowest BCUT2D eigenvalue weighted by Gasteiger charge is -2.32. The van der Waals surface area contributed by atoms with E-state index in [2.05, 4.69) is 22.2 Å². The molecule has 0 aliphatic carbocycles. The molecule has 0 saturated carbocycles. The number of rotatable bonds is 9. The maximum absolute atomic E-state index is 12.0. The molecule has 0 atom stereocenters. The summed E-state index contributed by atoms with van der Waals surface area (Å²) in [7, 11) is 3.70. The van der Waals surface area contributed by atoms with E-state index >= 15 is 0 Å². The molecule has 27 heavy (non-hydrogen) atoms. The van der Waals surface area contributed by atoms with E-state index < -0.39 is 0 Å². The average Bonchev–Trinajstić information content (AvgIpc) is 2.65. The van der Waals surface area contributed by atoms with Gasteiger partial charge in [0, 0.05) is 38.8 Å². The molecule has 0 spiro atoms. The lowest BCUT2D eigenvalue weighted by Crippen LogP contribution is -2.45. The van der Waals surface area contributed by atoms with E-state index in [9.17, 15) is 4.79 Å². The van der Waals surface area contributed by atoms with Crippen molar-refractivity contribution in [2.75, 3.05) is 60.0 Å². The van der Waals surface area contributed by atoms with Crippen molar-refractivity contribution < 1.29 is 14.3 Å². The molecule has 0 unspecified atom stereocenters. The van der Waals surface area contributed by atoms with E-state index in [0.29, 0.717) is 29.7 Å². The fourth-order valence-electron chi connectivity index (χ4n) is 2.96. The lowest BCUT2D eigenvalue weighted by molar-refractivity contribution is -0.116. The van der Waals surface area contributed by atoms with Crippen molar-refractivity contribution >= 4 is 23.6 Å². The molecule has 150 valence electrons. The summed E-state index contributed by atoms with van der Waals surface area (Å²) in [5.41, 5.74) is 0.789. The number of methoxy groups -OCH3 is 1. The van der Waals surface area contributed by atoms with Gasteiger partial charge in [-0.25, -0.2) is 0 Å². The Morgan fingerprint density at radius 1 is 1.30 bits per heavy atom. The largest absolute Gasteiger partial charge is 0.491 e. The minimum atomic E-state index is -0.113. The number of nitrogens with one attached hydrogen (secondary N) is 1. The summed E-state index contributed by atoms with van der Waals surface area (Å²) in [4.78, 5) is 16.8. The van der Waals surface area contributed by atoms with Gasteiger partial charge in [-0.1, -0.05) is 11.6 Å². The minimum Gasteiger partial charge on any atom is -0.491 e. The van der Waals surface area contributed by atoms with Crippen LogP contribution in [0.1, 0.15) is 18.9 Å². The molecular formula is C20H30ClN3O3. The number of nitrogens with zero attached hydrogens (tertiary/aromatic N) is 2. The molecule has 0 radical (unpaired) electrons. The molecule has 1 N–H and O–H groups in total. The number of halogens is 1. The Bertz CT molecular complexity index is 644. The van der Waals surface area contributed by atoms with Gasteiger partial charge in [0.25, 0.3) is 0 Å². The zero-order valence-corrected chi connectivity index (χ0v) is 17.2. The third kappa shape index (κ3) is 7.05. The standard InChI is InChI=1S/C20H30ClN3O3/c1-4-27-18-15-16(14-17(21)20(18)26-3)6-7-19(25)22-8-5-9-24-12-10-23(2)11-13-24/h6-7,14-15H,4-5,8-13H2,1-3H3,(H,22,25). The summed E-state index contributed by atoms with van der Waals surface area (Å²) < 4.78 is 10.8. The van der Waals surface area contributed by atoms with Crippen molar-refractivity contribution in [2.24, 2.45) is 0 Å². The van der Waals surface area contributed by atoms with E-state index in [1.807, 2.05) is 13.0 Å². The second kappa shape index (κ2) is 11.2. The third-order valence-corrected chi connectivity index (χ3v) is 4.79. The Kier molecular flexibility index (Phi) is 8.91. The third-order valence-electron chi connectivity index (χ3n) is 4.51. The highest BCUT2D eigenvalue weighted by molar-refractivity contribution is 6.32. The highest BCUT2D eigenvalue weighted by Crippen LogP contribution is 2.36. The summed E-state index contributed by atoms with van der Waals surface area (Å²) in [6.45, 7) is 8.52. The van der Waals surface area contributed by atoms with Gasteiger partial charge in [0.1, 0.15) is 0 Å². The van der Waals surface area contributed by atoms with E-state index in [0.717, 1.165) is 44.7 Å². The Hall–Kier alpha value is -1.76. The molecule has 1 amide bonds. The summed E-state index contributed by atoms with van der Waals surface area (Å²) in [5.74, 6) is 0.960. The molecule has 1 saturated heterocycles. The van der Waals surface area contributed by atoms with Crippen LogP contribution in [0, 0.1) is 0 Å². The first-order chi connectivity index (χ1) is 13.0. The predicted octanol–water partition coefficient (Wildman–Crippen LogP) is 2.51. The monoisotopic (exact) mass is 395 g/mol. The minimum absolute atomic E-state index is 0.113. The molecule has 0 bridgehead atoms. The van der Waals surface area contributed by atoms with E-state index in [-0.39, 0.29) is 5.91 Å². The van der Waals surface area contributed by atoms with Crippen LogP contribution in [0.2, 0.25) is 5.02 Å². The fourth-order valence-corrected chi connectivity index (χ4v) is 3.26. The van der Waals surface area contributed by atoms with Gasteiger partial charge in [-0.15, -0.1) is 0 Å². The van der Waals surface area contributed by atoms with Gasteiger partial charge < -0.3 is 24.6 Å². The molecule has 1 fully saturated rings. The second-order valence-electron chi connectivity index (χ2n) is 6.59. The quantitative estimate of drug-likeness (QED) is 0.514. The maximum atomic E-state index is 12.0. The number of benzene rings is 1. The zero-order valence-electron chi connectivity index (χ0n) is 16.5. The van der Waals surface area contributed by atoms with Crippen LogP contribution in [-0.2, 0) is 4.79 Å². The molecule has 1 aromatic carbocycles. The van der Waals surface area contributed by atoms with Crippen LogP contribution in [0.4, 0.5) is 0 Å². The number of likely N-dealkylation sites (N-methyl/N-ethyl adjacent to an activating group) is 1. The topological polar surface area (TPSA) is 54.0 Å². The smallest absolute Gasteiger partial charge is 0.243 e. The number of carbonyl (C=O) groups is 1. The second-order valence-corrected chi connectivity index (χ2v) is 7.00. The van der Waals surface area contributed by atoms with Gasteiger partial charge in [0.05, 0.1) is 18.7 Å². The van der Waals surface area contributed by atoms with Crippen LogP contribution in [0.15, 0.2) is 18.2 Å². The molecular weight excluding hydrogens is 366 g/mol. The molecule has 2 rings (SSSR count). The summed E-state index contributed by atoms with van der Waals surface area (Å²) in [6.07, 6.45) is 4.19. The first-order valence-corrected chi connectivity index (χ1v) is 9.78. The average molecular weight is 396 g/mol. The highest BCUT2D eigenvalue weighted by Gasteiger charge is 2.13. The molecule has 0 aromatic heterocycles. The number of piperazine rings is 1. The van der Waals surface area contributed by atoms with Crippen molar-refractivity contribution in [1.29, 1.82) is 0 Å². The van der Waals surface area contributed by atoms with Crippen LogP contribution >= 0.6 is 11.6 Å². The summed E-state index contributed by atoms with van der Waals surface area (Å²) in [5, 5.41) is 3.38. The van der Waals surface area contributed by atoms with Crippen molar-refractivity contribution in [3.05, 3.63) is 28.8 Å². The number of amides is 1. The molecule has 1 heterocycles. The normalized spacial score (nSPS) is 15.9. The number of hydrogen-bond acceptors (Lipinski definition) is 5. The van der Waals surface area contributed by atoms with Crippen molar-refractivity contribution in [3.63, 3.8) is 0 Å².